The van der Waals surface area contributed by atoms with E-state index in [9.17, 15) is 4.79 Å². The Kier molecular flexibility index (Phi) is 5.45. The molecule has 5 rings (SSSR count). The van der Waals surface area contributed by atoms with Crippen LogP contribution in [0.1, 0.15) is 30.1 Å². The Balaban J connectivity index is 1.40. The predicted octanol–water partition coefficient (Wildman–Crippen LogP) is 4.58. The van der Waals surface area contributed by atoms with Gasteiger partial charge in [-0.1, -0.05) is 24.3 Å². The number of anilines is 2. The summed E-state index contributed by atoms with van der Waals surface area (Å²) in [5.74, 6) is 1.02. The van der Waals surface area contributed by atoms with E-state index >= 15 is 0 Å². The summed E-state index contributed by atoms with van der Waals surface area (Å²) >= 11 is 1.55. The van der Waals surface area contributed by atoms with Crippen LogP contribution in [0.15, 0.2) is 60.5 Å². The zero-order chi connectivity index (χ0) is 21.0. The standard InChI is InChI=1S/C23H22N6OS/c30-21(8-7-18-13-24-15-26-18)29-10-3-5-17(14-29)20-12-16-4-1-2-6-19(16)22(27-20)28-23-25-9-11-31-23/h1-2,4,6-9,11-13,15,17H,3,5,10,14H2,(H,24,26)(H,25,27,28)/b8-7+/t17-/m0/s1. The number of pyridine rings is 1. The van der Waals surface area contributed by atoms with Crippen LogP contribution in [0.4, 0.5) is 10.9 Å². The molecule has 1 amide bonds. The molecule has 1 aliphatic rings. The van der Waals surface area contributed by atoms with Crippen molar-refractivity contribution in [2.75, 3.05) is 18.4 Å². The zero-order valence-electron chi connectivity index (χ0n) is 16.9. The molecular formula is C23H22N6OS. The number of hydrogen-bond donors (Lipinski definition) is 2. The average Bonchev–Trinajstić information content (AvgIpc) is 3.52. The second kappa shape index (κ2) is 8.69. The van der Waals surface area contributed by atoms with E-state index in [-0.39, 0.29) is 11.8 Å². The van der Waals surface area contributed by atoms with Crippen molar-refractivity contribution in [1.82, 2.24) is 24.8 Å². The van der Waals surface area contributed by atoms with E-state index in [0.29, 0.717) is 6.54 Å². The smallest absolute Gasteiger partial charge is 0.246 e. The Morgan fingerprint density at radius 2 is 2.26 bits per heavy atom. The highest BCUT2D eigenvalue weighted by Gasteiger charge is 2.25. The fraction of sp³-hybridized carbons (Fsp3) is 0.217. The maximum absolute atomic E-state index is 12.7. The summed E-state index contributed by atoms with van der Waals surface area (Å²) in [7, 11) is 0. The molecule has 1 aromatic carbocycles. The third kappa shape index (κ3) is 4.34. The minimum atomic E-state index is 0.0150. The van der Waals surface area contributed by atoms with Crippen LogP contribution in [0, 0.1) is 0 Å². The highest BCUT2D eigenvalue weighted by Crippen LogP contribution is 2.32. The van der Waals surface area contributed by atoms with Crippen LogP contribution in [0.25, 0.3) is 16.8 Å². The molecule has 4 aromatic rings. The first-order valence-corrected chi connectivity index (χ1v) is 11.2. The molecule has 1 saturated heterocycles. The fourth-order valence-corrected chi connectivity index (χ4v) is 4.48. The number of aromatic amines is 1. The highest BCUT2D eigenvalue weighted by atomic mass is 32.1. The van der Waals surface area contributed by atoms with Crippen molar-refractivity contribution in [2.45, 2.75) is 18.8 Å². The number of nitrogens with zero attached hydrogens (tertiary/aromatic N) is 4. The van der Waals surface area contributed by atoms with Gasteiger partial charge < -0.3 is 15.2 Å². The third-order valence-electron chi connectivity index (χ3n) is 5.49. The van der Waals surface area contributed by atoms with Gasteiger partial charge in [0.15, 0.2) is 5.13 Å². The van der Waals surface area contributed by atoms with Gasteiger partial charge in [-0.25, -0.2) is 15.0 Å². The molecule has 0 aliphatic carbocycles. The SMILES string of the molecule is O=C(/C=C/c1cnc[nH]1)N1CCC[C@H](c2cc3ccccc3c(Nc3nccs3)n2)C1. The van der Waals surface area contributed by atoms with Crippen molar-refractivity contribution in [3.63, 3.8) is 0 Å². The van der Waals surface area contributed by atoms with Gasteiger partial charge in [0.05, 0.1) is 18.2 Å². The number of aromatic nitrogens is 4. The Morgan fingerprint density at radius 1 is 1.32 bits per heavy atom. The van der Waals surface area contributed by atoms with Crippen LogP contribution in [0.3, 0.4) is 0 Å². The fourth-order valence-electron chi connectivity index (χ4n) is 3.95. The molecule has 1 aliphatic heterocycles. The molecule has 0 radical (unpaired) electrons. The minimum Gasteiger partial charge on any atom is -0.345 e. The summed E-state index contributed by atoms with van der Waals surface area (Å²) in [5, 5.41) is 8.33. The Labute approximate surface area is 183 Å². The molecule has 0 saturated carbocycles. The number of fused-ring (bicyclic) bond motifs is 1. The lowest BCUT2D eigenvalue weighted by Gasteiger charge is -2.32. The quantitative estimate of drug-likeness (QED) is 0.453. The number of hydrogen-bond acceptors (Lipinski definition) is 6. The summed E-state index contributed by atoms with van der Waals surface area (Å²) in [5.41, 5.74) is 1.82. The van der Waals surface area contributed by atoms with Crippen LogP contribution >= 0.6 is 11.3 Å². The van der Waals surface area contributed by atoms with Crippen molar-refractivity contribution in [1.29, 1.82) is 0 Å². The minimum absolute atomic E-state index is 0.0150. The summed E-state index contributed by atoms with van der Waals surface area (Å²) in [6.45, 7) is 1.43. The topological polar surface area (TPSA) is 86.8 Å². The van der Waals surface area contributed by atoms with E-state index in [0.717, 1.165) is 52.5 Å². The van der Waals surface area contributed by atoms with E-state index in [1.54, 1.807) is 42.2 Å². The number of carbonyl (C=O) groups is 1. The van der Waals surface area contributed by atoms with E-state index in [1.807, 2.05) is 22.4 Å². The second-order valence-corrected chi connectivity index (χ2v) is 8.44. The molecule has 3 aromatic heterocycles. The molecule has 156 valence electrons. The highest BCUT2D eigenvalue weighted by molar-refractivity contribution is 7.13. The van der Waals surface area contributed by atoms with Crippen LogP contribution in [0.5, 0.6) is 0 Å². The molecule has 7 nitrogen and oxygen atoms in total. The van der Waals surface area contributed by atoms with Crippen LogP contribution in [0.2, 0.25) is 0 Å². The average molecular weight is 431 g/mol. The Morgan fingerprint density at radius 3 is 3.10 bits per heavy atom. The predicted molar refractivity (Wildman–Crippen MR) is 123 cm³/mol. The first-order chi connectivity index (χ1) is 15.3. The second-order valence-electron chi connectivity index (χ2n) is 7.54. The van der Waals surface area contributed by atoms with Crippen molar-refractivity contribution in [3.8, 4) is 0 Å². The molecule has 1 atom stereocenters. The Bertz CT molecular complexity index is 1200. The van der Waals surface area contributed by atoms with Gasteiger partial charge in [-0.3, -0.25) is 4.79 Å². The molecule has 0 bridgehead atoms. The molecule has 2 N–H and O–H groups in total. The normalized spacial score (nSPS) is 16.8. The third-order valence-corrected chi connectivity index (χ3v) is 6.18. The number of thiazole rings is 1. The molecular weight excluding hydrogens is 408 g/mol. The van der Waals surface area contributed by atoms with Gasteiger partial charge >= 0.3 is 0 Å². The molecule has 8 heteroatoms. The molecule has 1 fully saturated rings. The Hall–Kier alpha value is -3.52. The number of H-pyrrole nitrogens is 1. The number of piperidine rings is 1. The number of imidazole rings is 1. The molecule has 0 unspecified atom stereocenters. The van der Waals surface area contributed by atoms with Gasteiger partial charge in [-0.05, 0) is 30.4 Å². The van der Waals surface area contributed by atoms with E-state index in [4.69, 9.17) is 4.98 Å². The van der Waals surface area contributed by atoms with Gasteiger partial charge in [0.25, 0.3) is 0 Å². The lowest BCUT2D eigenvalue weighted by Crippen LogP contribution is -2.38. The number of nitrogens with one attached hydrogen (secondary N) is 2. The van der Waals surface area contributed by atoms with E-state index in [1.165, 1.54) is 0 Å². The summed E-state index contributed by atoms with van der Waals surface area (Å²) in [4.78, 5) is 30.9. The van der Waals surface area contributed by atoms with Crippen LogP contribution < -0.4 is 5.32 Å². The number of rotatable bonds is 5. The van der Waals surface area contributed by atoms with E-state index < -0.39 is 0 Å². The van der Waals surface area contributed by atoms with Gasteiger partial charge in [0.2, 0.25) is 5.91 Å². The lowest BCUT2D eigenvalue weighted by molar-refractivity contribution is -0.127. The maximum Gasteiger partial charge on any atom is 0.246 e. The van der Waals surface area contributed by atoms with Crippen molar-refractivity contribution >= 4 is 45.0 Å². The van der Waals surface area contributed by atoms with Crippen LogP contribution in [-0.2, 0) is 4.79 Å². The number of likely N-dealkylation sites (tertiary alicyclic amines) is 1. The van der Waals surface area contributed by atoms with Crippen molar-refractivity contribution in [3.05, 3.63) is 71.9 Å². The summed E-state index contributed by atoms with van der Waals surface area (Å²) < 4.78 is 0. The first kappa shape index (κ1) is 19.4. The van der Waals surface area contributed by atoms with E-state index in [2.05, 4.69) is 38.5 Å². The number of benzene rings is 1. The zero-order valence-corrected chi connectivity index (χ0v) is 17.7. The monoisotopic (exact) mass is 430 g/mol. The number of amides is 1. The molecule has 31 heavy (non-hydrogen) atoms. The van der Waals surface area contributed by atoms with Gasteiger partial charge in [0.1, 0.15) is 5.82 Å². The number of carbonyl (C=O) groups excluding carboxylic acids is 1. The largest absolute Gasteiger partial charge is 0.345 e. The lowest BCUT2D eigenvalue weighted by atomic mass is 9.93. The van der Waals surface area contributed by atoms with Gasteiger partial charge in [-0.2, -0.15) is 0 Å². The van der Waals surface area contributed by atoms with Gasteiger partial charge in [-0.15, -0.1) is 11.3 Å². The summed E-state index contributed by atoms with van der Waals surface area (Å²) in [6.07, 6.45) is 10.4. The molecule has 4 heterocycles. The maximum atomic E-state index is 12.7. The van der Waals surface area contributed by atoms with Gasteiger partial charge in [0, 0.05) is 47.7 Å². The molecule has 0 spiro atoms. The van der Waals surface area contributed by atoms with Crippen molar-refractivity contribution < 1.29 is 4.79 Å². The van der Waals surface area contributed by atoms with Crippen molar-refractivity contribution in [2.24, 2.45) is 0 Å². The van der Waals surface area contributed by atoms with Crippen LogP contribution in [-0.4, -0.2) is 43.8 Å². The summed E-state index contributed by atoms with van der Waals surface area (Å²) in [6, 6.07) is 10.4. The first-order valence-electron chi connectivity index (χ1n) is 10.3.